The van der Waals surface area contributed by atoms with Crippen LogP contribution in [0.4, 0.5) is 14.5 Å². The zero-order chi connectivity index (χ0) is 12.5. The molecule has 5 nitrogen and oxygen atoms in total. The van der Waals surface area contributed by atoms with E-state index in [1.807, 2.05) is 0 Å². The van der Waals surface area contributed by atoms with Gasteiger partial charge in [0, 0.05) is 6.20 Å². The van der Waals surface area contributed by atoms with E-state index in [2.05, 4.69) is 20.9 Å². The van der Waals surface area contributed by atoms with Gasteiger partial charge in [-0.3, -0.25) is 14.9 Å². The molecule has 0 aliphatic carbocycles. The van der Waals surface area contributed by atoms with E-state index in [1.165, 1.54) is 0 Å². The van der Waals surface area contributed by atoms with Gasteiger partial charge in [-0.05, 0) is 27.5 Å². The molecule has 0 aliphatic heterocycles. The molecule has 1 aromatic heterocycles. The molecule has 9 heteroatoms. The second kappa shape index (κ2) is 4.79. The second-order valence-electron chi connectivity index (χ2n) is 2.55. The SMILES string of the molecule is O=C(Cl)c1cnc(C(F)F)c([N+](=O)[O-])c1Br. The molecule has 0 spiro atoms. The maximum atomic E-state index is 12.4. The molecule has 1 aromatic rings. The molecule has 86 valence electrons. The lowest BCUT2D eigenvalue weighted by Gasteiger charge is -2.04. The predicted molar refractivity (Wildman–Crippen MR) is 53.7 cm³/mol. The molecule has 0 saturated carbocycles. The Morgan fingerprint density at radius 1 is 1.62 bits per heavy atom. The van der Waals surface area contributed by atoms with Gasteiger partial charge in [-0.25, -0.2) is 13.8 Å². The summed E-state index contributed by atoms with van der Waals surface area (Å²) in [6.07, 6.45) is -2.36. The van der Waals surface area contributed by atoms with Gasteiger partial charge in [0.15, 0.2) is 5.69 Å². The van der Waals surface area contributed by atoms with E-state index < -0.39 is 32.4 Å². The van der Waals surface area contributed by atoms with Crippen LogP contribution in [0.5, 0.6) is 0 Å². The minimum absolute atomic E-state index is 0.335. The van der Waals surface area contributed by atoms with Crippen molar-refractivity contribution in [2.24, 2.45) is 0 Å². The van der Waals surface area contributed by atoms with Gasteiger partial charge in [0.2, 0.25) is 0 Å². The zero-order valence-electron chi connectivity index (χ0n) is 7.29. The molecule has 0 bridgehead atoms. The van der Waals surface area contributed by atoms with Gasteiger partial charge >= 0.3 is 5.69 Å². The van der Waals surface area contributed by atoms with Gasteiger partial charge in [0.1, 0.15) is 4.47 Å². The molecule has 0 fully saturated rings. The molecule has 0 radical (unpaired) electrons. The zero-order valence-corrected chi connectivity index (χ0v) is 9.63. The van der Waals surface area contributed by atoms with Gasteiger partial charge in [0.05, 0.1) is 10.5 Å². The fourth-order valence-corrected chi connectivity index (χ4v) is 1.85. The smallest absolute Gasteiger partial charge is 0.276 e. The summed E-state index contributed by atoms with van der Waals surface area (Å²) in [5.41, 5.74) is -2.31. The number of pyridine rings is 1. The number of hydrogen-bond donors (Lipinski definition) is 0. The molecular formula is C7H2BrClF2N2O3. The number of carbonyl (C=O) groups is 1. The van der Waals surface area contributed by atoms with Crippen molar-refractivity contribution in [3.63, 3.8) is 0 Å². The Labute approximate surface area is 101 Å². The fourth-order valence-electron chi connectivity index (χ4n) is 0.962. The Morgan fingerprint density at radius 3 is 2.56 bits per heavy atom. The van der Waals surface area contributed by atoms with Crippen molar-refractivity contribution < 1.29 is 18.5 Å². The number of aromatic nitrogens is 1. The van der Waals surface area contributed by atoms with Crippen LogP contribution in [0.25, 0.3) is 0 Å². The lowest BCUT2D eigenvalue weighted by molar-refractivity contribution is -0.387. The van der Waals surface area contributed by atoms with Gasteiger partial charge in [-0.15, -0.1) is 0 Å². The average Bonchev–Trinajstić information content (AvgIpc) is 2.15. The van der Waals surface area contributed by atoms with E-state index in [9.17, 15) is 23.7 Å². The lowest BCUT2D eigenvalue weighted by Crippen LogP contribution is -2.04. The largest absolute Gasteiger partial charge is 0.311 e. The Morgan fingerprint density at radius 2 is 2.19 bits per heavy atom. The number of nitro groups is 1. The van der Waals surface area contributed by atoms with Crippen molar-refractivity contribution in [1.82, 2.24) is 4.98 Å². The van der Waals surface area contributed by atoms with Gasteiger partial charge in [-0.1, -0.05) is 0 Å². The first-order valence-corrected chi connectivity index (χ1v) is 4.84. The molecule has 0 aromatic carbocycles. The maximum Gasteiger partial charge on any atom is 0.311 e. The van der Waals surface area contributed by atoms with Gasteiger partial charge in [0.25, 0.3) is 11.7 Å². The summed E-state index contributed by atoms with van der Waals surface area (Å²) in [6.45, 7) is 0. The van der Waals surface area contributed by atoms with E-state index in [4.69, 9.17) is 11.6 Å². The monoisotopic (exact) mass is 314 g/mol. The summed E-state index contributed by atoms with van der Waals surface area (Å²) in [7, 11) is 0. The van der Waals surface area contributed by atoms with Crippen LogP contribution in [-0.2, 0) is 0 Å². The van der Waals surface area contributed by atoms with Gasteiger partial charge < -0.3 is 0 Å². The minimum atomic E-state index is -3.11. The summed E-state index contributed by atoms with van der Waals surface area (Å²) < 4.78 is 24.4. The quantitative estimate of drug-likeness (QED) is 0.488. The summed E-state index contributed by atoms with van der Waals surface area (Å²) in [4.78, 5) is 23.5. The molecule has 0 saturated heterocycles. The third-order valence-electron chi connectivity index (χ3n) is 1.62. The topological polar surface area (TPSA) is 73.1 Å². The minimum Gasteiger partial charge on any atom is -0.276 e. The third-order valence-corrected chi connectivity index (χ3v) is 2.63. The van der Waals surface area contributed by atoms with Crippen LogP contribution in [0.15, 0.2) is 10.7 Å². The maximum absolute atomic E-state index is 12.4. The standard InChI is InChI=1S/C7H2BrClF2N2O3/c8-3-2(6(9)14)1-12-4(7(10)11)5(3)13(15)16/h1,7H. The van der Waals surface area contributed by atoms with E-state index in [1.54, 1.807) is 0 Å². The van der Waals surface area contributed by atoms with Crippen molar-refractivity contribution in [2.45, 2.75) is 6.43 Å². The Kier molecular flexibility index (Phi) is 3.87. The number of carbonyl (C=O) groups excluding carboxylic acids is 1. The van der Waals surface area contributed by atoms with Crippen LogP contribution in [-0.4, -0.2) is 15.1 Å². The highest BCUT2D eigenvalue weighted by atomic mass is 79.9. The Bertz CT molecular complexity index is 469. The van der Waals surface area contributed by atoms with E-state index >= 15 is 0 Å². The van der Waals surface area contributed by atoms with Crippen molar-refractivity contribution in [1.29, 1.82) is 0 Å². The summed E-state index contributed by atoms with van der Waals surface area (Å²) in [5, 5.41) is 9.54. The number of hydrogen-bond acceptors (Lipinski definition) is 4. The summed E-state index contributed by atoms with van der Waals surface area (Å²) in [5.74, 6) is 0. The molecule has 0 aliphatic rings. The first-order chi connectivity index (χ1) is 7.36. The predicted octanol–water partition coefficient (Wildman–Crippen LogP) is 3.07. The molecular weight excluding hydrogens is 313 g/mol. The Hall–Kier alpha value is -1.15. The second-order valence-corrected chi connectivity index (χ2v) is 3.69. The molecule has 16 heavy (non-hydrogen) atoms. The van der Waals surface area contributed by atoms with Crippen LogP contribution in [0.1, 0.15) is 22.5 Å². The van der Waals surface area contributed by atoms with E-state index in [-0.39, 0.29) is 5.56 Å². The van der Waals surface area contributed by atoms with Crippen LogP contribution in [0, 0.1) is 10.1 Å². The molecule has 0 amide bonds. The van der Waals surface area contributed by atoms with E-state index in [0.29, 0.717) is 0 Å². The number of halogens is 4. The van der Waals surface area contributed by atoms with Crippen LogP contribution >= 0.6 is 27.5 Å². The number of rotatable bonds is 3. The third kappa shape index (κ3) is 2.33. The highest BCUT2D eigenvalue weighted by Crippen LogP contribution is 2.35. The average molecular weight is 315 g/mol. The first kappa shape index (κ1) is 12.9. The van der Waals surface area contributed by atoms with Crippen LogP contribution in [0.2, 0.25) is 0 Å². The summed E-state index contributed by atoms with van der Waals surface area (Å²) in [6, 6.07) is 0. The molecule has 0 unspecified atom stereocenters. The molecule has 0 N–H and O–H groups in total. The Balaban J connectivity index is 3.54. The first-order valence-electron chi connectivity index (χ1n) is 3.67. The van der Waals surface area contributed by atoms with E-state index in [0.717, 1.165) is 6.20 Å². The van der Waals surface area contributed by atoms with Crippen LogP contribution < -0.4 is 0 Å². The highest BCUT2D eigenvalue weighted by molar-refractivity contribution is 9.10. The van der Waals surface area contributed by atoms with Crippen molar-refractivity contribution in [3.8, 4) is 0 Å². The molecule has 0 atom stereocenters. The normalized spacial score (nSPS) is 10.6. The highest BCUT2D eigenvalue weighted by Gasteiger charge is 2.30. The van der Waals surface area contributed by atoms with Crippen molar-refractivity contribution >= 4 is 38.5 Å². The molecule has 1 rings (SSSR count). The van der Waals surface area contributed by atoms with Crippen molar-refractivity contribution in [3.05, 3.63) is 32.0 Å². The number of nitrogens with zero attached hydrogens (tertiary/aromatic N) is 2. The lowest BCUT2D eigenvalue weighted by atomic mass is 10.2. The van der Waals surface area contributed by atoms with Gasteiger partial charge in [-0.2, -0.15) is 0 Å². The number of alkyl halides is 2. The van der Waals surface area contributed by atoms with Crippen LogP contribution in [0.3, 0.4) is 0 Å². The summed E-state index contributed by atoms with van der Waals surface area (Å²) >= 11 is 7.78. The molecule has 1 heterocycles. The fraction of sp³-hybridized carbons (Fsp3) is 0.143. The van der Waals surface area contributed by atoms with Crippen molar-refractivity contribution in [2.75, 3.05) is 0 Å².